The lowest BCUT2D eigenvalue weighted by Gasteiger charge is -2.29. The maximum absolute atomic E-state index is 13.8. The van der Waals surface area contributed by atoms with Gasteiger partial charge in [0.05, 0.1) is 31.8 Å². The number of hydrogen-bond donors (Lipinski definition) is 1. The van der Waals surface area contributed by atoms with E-state index in [4.69, 9.17) is 30.5 Å². The second-order valence-electron chi connectivity index (χ2n) is 10.8. The molecule has 1 N–H and O–H groups in total. The summed E-state index contributed by atoms with van der Waals surface area (Å²) in [5, 5.41) is 2.75. The van der Waals surface area contributed by atoms with Crippen LogP contribution in [0.4, 0.5) is 4.79 Å². The normalized spacial score (nSPS) is 17.6. The fourth-order valence-corrected chi connectivity index (χ4v) is 4.74. The average Bonchev–Trinajstić information content (AvgIpc) is 3.34. The Morgan fingerprint density at radius 1 is 1.17 bits per heavy atom. The topological polar surface area (TPSA) is 129 Å². The summed E-state index contributed by atoms with van der Waals surface area (Å²) in [7, 11) is 2.81. The van der Waals surface area contributed by atoms with Gasteiger partial charge in [0.25, 0.3) is 5.88 Å². The molecule has 2 heterocycles. The Hall–Kier alpha value is -3.60. The average molecular weight is 591 g/mol. The minimum absolute atomic E-state index is 0.0473. The van der Waals surface area contributed by atoms with Crippen molar-refractivity contribution in [2.75, 3.05) is 20.8 Å². The lowest BCUT2D eigenvalue weighted by atomic mass is 10.1. The molecule has 1 aromatic carbocycles. The largest absolute Gasteiger partial charge is 0.497 e. The Balaban J connectivity index is 1.81. The smallest absolute Gasteiger partial charge is 0.408 e. The van der Waals surface area contributed by atoms with Crippen LogP contribution in [0.1, 0.15) is 59.3 Å². The molecule has 3 rings (SSSR count). The molecule has 2 aromatic rings. The second kappa shape index (κ2) is 14.3. The van der Waals surface area contributed by atoms with Crippen LogP contribution < -0.4 is 14.8 Å². The molecule has 41 heavy (non-hydrogen) atoms. The summed E-state index contributed by atoms with van der Waals surface area (Å²) in [6.07, 6.45) is 4.33. The fourth-order valence-electron chi connectivity index (χ4n) is 4.56. The van der Waals surface area contributed by atoms with E-state index in [1.807, 2.05) is 6.08 Å². The summed E-state index contributed by atoms with van der Waals surface area (Å²) in [6, 6.07) is 3.35. The molecule has 0 unspecified atom stereocenters. The van der Waals surface area contributed by atoms with E-state index < -0.39 is 41.8 Å². The lowest BCUT2D eigenvalue weighted by Crippen LogP contribution is -2.52. The van der Waals surface area contributed by atoms with E-state index in [-0.39, 0.29) is 24.0 Å². The highest BCUT2D eigenvalue weighted by molar-refractivity contribution is 6.31. The third kappa shape index (κ3) is 8.94. The molecule has 2 amide bonds. The highest BCUT2D eigenvalue weighted by Crippen LogP contribution is 2.30. The maximum atomic E-state index is 13.8. The van der Waals surface area contributed by atoms with Crippen molar-refractivity contribution < 1.29 is 33.3 Å². The van der Waals surface area contributed by atoms with Crippen molar-refractivity contribution in [2.45, 2.75) is 83.1 Å². The maximum Gasteiger partial charge on any atom is 0.408 e. The van der Waals surface area contributed by atoms with Gasteiger partial charge in [0, 0.05) is 12.5 Å². The molecular weight excluding hydrogens is 552 g/mol. The number of carbonyl (C=O) groups excluding carboxylic acids is 3. The third-order valence-electron chi connectivity index (χ3n) is 6.49. The van der Waals surface area contributed by atoms with E-state index in [0.717, 1.165) is 19.3 Å². The van der Waals surface area contributed by atoms with Gasteiger partial charge in [0.1, 0.15) is 29.5 Å². The Bertz CT molecular complexity index is 1250. The van der Waals surface area contributed by atoms with E-state index in [1.54, 1.807) is 46.1 Å². The van der Waals surface area contributed by atoms with Crippen molar-refractivity contribution in [1.29, 1.82) is 0 Å². The van der Waals surface area contributed by atoms with Crippen molar-refractivity contribution in [2.24, 2.45) is 0 Å². The Morgan fingerprint density at radius 2 is 1.93 bits per heavy atom. The zero-order valence-electron chi connectivity index (χ0n) is 24.3. The number of carbonyl (C=O) groups is 3. The van der Waals surface area contributed by atoms with E-state index in [9.17, 15) is 14.4 Å². The number of methoxy groups -OCH3 is 2. The number of ether oxygens (including phenoxy) is 4. The number of hydrogen-bond acceptors (Lipinski definition) is 9. The summed E-state index contributed by atoms with van der Waals surface area (Å²) in [6.45, 7) is 9.01. The fraction of sp³-hybridized carbons (Fsp3) is 0.552. The number of allylic oxidation sites excluding steroid dienone is 1. The zero-order chi connectivity index (χ0) is 30.2. The van der Waals surface area contributed by atoms with E-state index in [2.05, 4.69) is 21.9 Å². The number of alkyl carbamates (subject to hydrolysis) is 1. The number of fused-ring (bicyclic) bond motifs is 1. The van der Waals surface area contributed by atoms with Gasteiger partial charge in [-0.05, 0) is 52.2 Å². The molecule has 1 aliphatic heterocycles. The molecule has 3 atom stereocenters. The molecule has 1 aliphatic rings. The van der Waals surface area contributed by atoms with Gasteiger partial charge in [0.2, 0.25) is 5.91 Å². The Kier molecular flexibility index (Phi) is 11.2. The quantitative estimate of drug-likeness (QED) is 0.210. The number of unbranched alkanes of at least 4 members (excludes halogenated alkanes) is 3. The SMILES string of the molecule is C=CCCCCC[C@H](NC(=O)OC(C)(C)C)C(=O)N1C[C@H](Oc2nc3cc(OC)ccc3nc2Cl)C[C@H]1C(=O)OC. The first-order chi connectivity index (χ1) is 19.4. The van der Waals surface area contributed by atoms with Crippen LogP contribution in [0.5, 0.6) is 11.6 Å². The van der Waals surface area contributed by atoms with Gasteiger partial charge in [-0.3, -0.25) is 4.79 Å². The number of benzene rings is 1. The highest BCUT2D eigenvalue weighted by Gasteiger charge is 2.44. The summed E-state index contributed by atoms with van der Waals surface area (Å²) >= 11 is 6.36. The summed E-state index contributed by atoms with van der Waals surface area (Å²) in [5.74, 6) is -0.356. The van der Waals surface area contributed by atoms with E-state index in [1.165, 1.54) is 12.0 Å². The predicted octanol–water partition coefficient (Wildman–Crippen LogP) is 4.84. The second-order valence-corrected chi connectivity index (χ2v) is 11.2. The predicted molar refractivity (Wildman–Crippen MR) is 154 cm³/mol. The standard InChI is InChI=1S/C29H39ClN4O7/c1-7-8-9-10-11-12-21(33-28(37)41-29(2,3)4)26(35)34-17-19(16-23(34)27(36)39-6)40-25-24(30)31-20-14-13-18(38-5)15-22(20)32-25/h7,13-15,19,21,23H,1,8-12,16-17H2,2-6H3,(H,33,37)/t19-,21+,23+/m1/s1. The first-order valence-corrected chi connectivity index (χ1v) is 14.0. The van der Waals surface area contributed by atoms with Crippen molar-refractivity contribution in [3.63, 3.8) is 0 Å². The van der Waals surface area contributed by atoms with E-state index >= 15 is 0 Å². The number of amides is 2. The molecular formula is C29H39ClN4O7. The Labute approximate surface area is 245 Å². The molecule has 12 heteroatoms. The summed E-state index contributed by atoms with van der Waals surface area (Å²) < 4.78 is 21.7. The number of halogens is 1. The number of nitrogens with zero attached hydrogens (tertiary/aromatic N) is 3. The number of aromatic nitrogens is 2. The number of likely N-dealkylation sites (tertiary alicyclic amines) is 1. The third-order valence-corrected chi connectivity index (χ3v) is 6.73. The van der Waals surface area contributed by atoms with Gasteiger partial charge in [0.15, 0.2) is 5.15 Å². The molecule has 1 fully saturated rings. The summed E-state index contributed by atoms with van der Waals surface area (Å²) in [4.78, 5) is 49.4. The lowest BCUT2D eigenvalue weighted by molar-refractivity contribution is -0.151. The van der Waals surface area contributed by atoms with Gasteiger partial charge >= 0.3 is 12.1 Å². The number of nitrogens with one attached hydrogen (secondary N) is 1. The first-order valence-electron chi connectivity index (χ1n) is 13.6. The molecule has 0 aliphatic carbocycles. The van der Waals surface area contributed by atoms with Crippen LogP contribution in [0.2, 0.25) is 5.15 Å². The number of rotatable bonds is 12. The highest BCUT2D eigenvalue weighted by atomic mass is 35.5. The van der Waals surface area contributed by atoms with Crippen LogP contribution in [-0.4, -0.2) is 77.4 Å². The van der Waals surface area contributed by atoms with E-state index in [0.29, 0.717) is 29.6 Å². The molecule has 0 radical (unpaired) electrons. The van der Waals surface area contributed by atoms with Gasteiger partial charge in [-0.15, -0.1) is 6.58 Å². The van der Waals surface area contributed by atoms with Crippen LogP contribution in [0, 0.1) is 0 Å². The molecule has 1 saturated heterocycles. The van der Waals surface area contributed by atoms with Crippen molar-refractivity contribution >= 4 is 40.6 Å². The van der Waals surface area contributed by atoms with Gasteiger partial charge in [-0.2, -0.15) is 0 Å². The molecule has 0 saturated carbocycles. The molecule has 0 bridgehead atoms. The van der Waals surface area contributed by atoms with Crippen molar-refractivity contribution in [3.05, 3.63) is 36.0 Å². The van der Waals surface area contributed by atoms with Crippen molar-refractivity contribution in [3.8, 4) is 11.6 Å². The van der Waals surface area contributed by atoms with Gasteiger partial charge in [-0.1, -0.05) is 30.5 Å². The van der Waals surface area contributed by atoms with Crippen LogP contribution in [-0.2, 0) is 19.1 Å². The monoisotopic (exact) mass is 590 g/mol. The minimum atomic E-state index is -0.923. The van der Waals surface area contributed by atoms with Crippen LogP contribution in [0.25, 0.3) is 11.0 Å². The van der Waals surface area contributed by atoms with Crippen LogP contribution >= 0.6 is 11.6 Å². The zero-order valence-corrected chi connectivity index (χ0v) is 25.0. The van der Waals surface area contributed by atoms with Gasteiger partial charge in [-0.25, -0.2) is 19.6 Å². The molecule has 224 valence electrons. The minimum Gasteiger partial charge on any atom is -0.497 e. The van der Waals surface area contributed by atoms with Crippen LogP contribution in [0.3, 0.4) is 0 Å². The van der Waals surface area contributed by atoms with Crippen molar-refractivity contribution in [1.82, 2.24) is 20.2 Å². The number of esters is 1. The summed E-state index contributed by atoms with van der Waals surface area (Å²) in [5.41, 5.74) is 0.327. The molecule has 11 nitrogen and oxygen atoms in total. The Morgan fingerprint density at radius 3 is 2.59 bits per heavy atom. The first kappa shape index (κ1) is 31.9. The molecule has 0 spiro atoms. The van der Waals surface area contributed by atoms with Crippen LogP contribution in [0.15, 0.2) is 30.9 Å². The van der Waals surface area contributed by atoms with Gasteiger partial charge < -0.3 is 29.2 Å². The molecule has 1 aromatic heterocycles.